The van der Waals surface area contributed by atoms with Crippen molar-refractivity contribution in [2.45, 2.75) is 19.3 Å². The molecule has 1 aliphatic heterocycles. The molecule has 3 aromatic heterocycles. The standard InChI is InChI=1S/C15H14N4O3S/c1-9-12(23-8-16-9)15(20)19-5-4-10(7-19)13-17-14(22-18-13)11-3-2-6-21-11/h2-3,6,8,10H,4-5,7H2,1H3/t10-/m0/s1. The predicted molar refractivity (Wildman–Crippen MR) is 82.1 cm³/mol. The van der Waals surface area contributed by atoms with Gasteiger partial charge >= 0.3 is 0 Å². The molecule has 0 aliphatic carbocycles. The lowest BCUT2D eigenvalue weighted by molar-refractivity contribution is 0.0794. The van der Waals surface area contributed by atoms with Crippen LogP contribution in [0.15, 0.2) is 32.8 Å². The average Bonchev–Trinajstić information content (AvgIpc) is 3.31. The van der Waals surface area contributed by atoms with Crippen LogP contribution in [0.25, 0.3) is 11.7 Å². The lowest BCUT2D eigenvalue weighted by atomic mass is 10.1. The summed E-state index contributed by atoms with van der Waals surface area (Å²) in [6, 6.07) is 3.54. The molecule has 0 bridgehead atoms. The Bertz CT molecular complexity index is 824. The third-order valence-electron chi connectivity index (χ3n) is 3.95. The Morgan fingerprint density at radius 2 is 2.39 bits per heavy atom. The highest BCUT2D eigenvalue weighted by atomic mass is 32.1. The topological polar surface area (TPSA) is 85.3 Å². The maximum absolute atomic E-state index is 12.5. The van der Waals surface area contributed by atoms with Crippen LogP contribution in [0.5, 0.6) is 0 Å². The van der Waals surface area contributed by atoms with Gasteiger partial charge in [-0.2, -0.15) is 4.98 Å². The zero-order chi connectivity index (χ0) is 15.8. The van der Waals surface area contributed by atoms with Gasteiger partial charge in [0, 0.05) is 19.0 Å². The van der Waals surface area contributed by atoms with E-state index in [0.29, 0.717) is 35.4 Å². The predicted octanol–water partition coefficient (Wildman–Crippen LogP) is 2.72. The van der Waals surface area contributed by atoms with Crippen LogP contribution < -0.4 is 0 Å². The van der Waals surface area contributed by atoms with Crippen molar-refractivity contribution in [3.63, 3.8) is 0 Å². The quantitative estimate of drug-likeness (QED) is 0.734. The third-order valence-corrected chi connectivity index (χ3v) is 4.87. The molecule has 0 unspecified atom stereocenters. The van der Waals surface area contributed by atoms with Gasteiger partial charge in [-0.1, -0.05) is 5.16 Å². The summed E-state index contributed by atoms with van der Waals surface area (Å²) in [5, 5.41) is 4.03. The van der Waals surface area contributed by atoms with Gasteiger partial charge in [0.25, 0.3) is 11.8 Å². The summed E-state index contributed by atoms with van der Waals surface area (Å²) >= 11 is 1.38. The maximum Gasteiger partial charge on any atom is 0.293 e. The number of carbonyl (C=O) groups excluding carboxylic acids is 1. The average molecular weight is 330 g/mol. The van der Waals surface area contributed by atoms with E-state index in [9.17, 15) is 4.79 Å². The molecule has 4 rings (SSSR count). The number of furan rings is 1. The SMILES string of the molecule is Cc1ncsc1C(=O)N1CC[C@H](c2noc(-c3ccco3)n2)C1. The Hall–Kier alpha value is -2.48. The van der Waals surface area contributed by atoms with Gasteiger partial charge in [0.1, 0.15) is 4.88 Å². The molecular weight excluding hydrogens is 316 g/mol. The molecule has 0 radical (unpaired) electrons. The molecule has 1 fully saturated rings. The van der Waals surface area contributed by atoms with Crippen molar-refractivity contribution in [1.82, 2.24) is 20.0 Å². The minimum absolute atomic E-state index is 0.0299. The van der Waals surface area contributed by atoms with Crippen LogP contribution in [0.1, 0.15) is 33.5 Å². The van der Waals surface area contributed by atoms with E-state index in [0.717, 1.165) is 12.1 Å². The zero-order valence-corrected chi connectivity index (χ0v) is 13.2. The van der Waals surface area contributed by atoms with Gasteiger partial charge in [-0.15, -0.1) is 11.3 Å². The number of aryl methyl sites for hydroxylation is 1. The monoisotopic (exact) mass is 330 g/mol. The van der Waals surface area contributed by atoms with Crippen molar-refractivity contribution in [3.05, 3.63) is 40.3 Å². The molecule has 0 saturated carbocycles. The molecule has 0 aromatic carbocycles. The fraction of sp³-hybridized carbons (Fsp3) is 0.333. The summed E-state index contributed by atoms with van der Waals surface area (Å²) < 4.78 is 10.5. The van der Waals surface area contributed by atoms with Crippen LogP contribution in [-0.4, -0.2) is 39.0 Å². The number of hydrogen-bond acceptors (Lipinski definition) is 7. The largest absolute Gasteiger partial charge is 0.459 e. The summed E-state index contributed by atoms with van der Waals surface area (Å²) in [6.45, 7) is 3.13. The van der Waals surface area contributed by atoms with Crippen LogP contribution in [0.4, 0.5) is 0 Å². The van der Waals surface area contributed by atoms with E-state index < -0.39 is 0 Å². The number of aromatic nitrogens is 3. The minimum Gasteiger partial charge on any atom is -0.459 e. The van der Waals surface area contributed by atoms with Crippen molar-refractivity contribution in [3.8, 4) is 11.7 Å². The van der Waals surface area contributed by atoms with Crippen LogP contribution in [0, 0.1) is 6.92 Å². The molecule has 23 heavy (non-hydrogen) atoms. The van der Waals surface area contributed by atoms with Crippen molar-refractivity contribution in [2.75, 3.05) is 13.1 Å². The smallest absolute Gasteiger partial charge is 0.293 e. The normalized spacial score (nSPS) is 17.8. The van der Waals surface area contributed by atoms with E-state index in [4.69, 9.17) is 8.94 Å². The van der Waals surface area contributed by atoms with Crippen molar-refractivity contribution in [2.24, 2.45) is 0 Å². The Balaban J connectivity index is 1.48. The van der Waals surface area contributed by atoms with E-state index in [-0.39, 0.29) is 11.8 Å². The number of rotatable bonds is 3. The van der Waals surface area contributed by atoms with Gasteiger partial charge in [0.15, 0.2) is 11.6 Å². The van der Waals surface area contributed by atoms with E-state index in [1.807, 2.05) is 11.8 Å². The van der Waals surface area contributed by atoms with Gasteiger partial charge in [-0.05, 0) is 25.5 Å². The molecule has 4 heterocycles. The van der Waals surface area contributed by atoms with Gasteiger partial charge in [-0.3, -0.25) is 4.79 Å². The summed E-state index contributed by atoms with van der Waals surface area (Å²) in [5.74, 6) is 1.65. The number of hydrogen-bond donors (Lipinski definition) is 0. The lowest BCUT2D eigenvalue weighted by Crippen LogP contribution is -2.28. The summed E-state index contributed by atoms with van der Waals surface area (Å²) in [7, 11) is 0. The minimum atomic E-state index is 0.0299. The number of nitrogens with zero attached hydrogens (tertiary/aromatic N) is 4. The molecule has 3 aromatic rings. The number of thiazole rings is 1. The molecule has 1 saturated heterocycles. The Morgan fingerprint density at radius 1 is 1.48 bits per heavy atom. The number of carbonyl (C=O) groups is 1. The molecule has 1 aliphatic rings. The third kappa shape index (κ3) is 2.55. The second-order valence-electron chi connectivity index (χ2n) is 5.44. The summed E-state index contributed by atoms with van der Waals surface area (Å²) in [5.41, 5.74) is 2.48. The van der Waals surface area contributed by atoms with Gasteiger partial charge in [-0.25, -0.2) is 4.98 Å². The first-order valence-corrected chi connectivity index (χ1v) is 8.17. The van der Waals surface area contributed by atoms with E-state index >= 15 is 0 Å². The molecule has 1 amide bonds. The second kappa shape index (κ2) is 5.62. The first-order chi connectivity index (χ1) is 11.2. The molecular formula is C15H14N4O3S. The molecule has 1 atom stereocenters. The van der Waals surface area contributed by atoms with Crippen molar-refractivity contribution >= 4 is 17.2 Å². The second-order valence-corrected chi connectivity index (χ2v) is 6.29. The van der Waals surface area contributed by atoms with E-state index in [1.165, 1.54) is 11.3 Å². The lowest BCUT2D eigenvalue weighted by Gasteiger charge is -2.14. The van der Waals surface area contributed by atoms with E-state index in [2.05, 4.69) is 15.1 Å². The molecule has 8 heteroatoms. The van der Waals surface area contributed by atoms with Gasteiger partial charge in [0.2, 0.25) is 0 Å². The summed E-state index contributed by atoms with van der Waals surface area (Å²) in [6.07, 6.45) is 2.38. The van der Waals surface area contributed by atoms with Crippen LogP contribution in [0.2, 0.25) is 0 Å². The van der Waals surface area contributed by atoms with Crippen LogP contribution in [-0.2, 0) is 0 Å². The fourth-order valence-electron chi connectivity index (χ4n) is 2.71. The first kappa shape index (κ1) is 14.1. The van der Waals surface area contributed by atoms with Gasteiger partial charge in [0.05, 0.1) is 17.5 Å². The summed E-state index contributed by atoms with van der Waals surface area (Å²) in [4.78, 5) is 23.6. The maximum atomic E-state index is 12.5. The van der Waals surface area contributed by atoms with E-state index in [1.54, 1.807) is 23.9 Å². The molecule has 0 N–H and O–H groups in total. The fourth-order valence-corrected chi connectivity index (χ4v) is 3.48. The highest BCUT2D eigenvalue weighted by Gasteiger charge is 2.32. The first-order valence-electron chi connectivity index (χ1n) is 7.29. The highest BCUT2D eigenvalue weighted by Crippen LogP contribution is 2.29. The van der Waals surface area contributed by atoms with Crippen LogP contribution >= 0.6 is 11.3 Å². The number of amides is 1. The molecule has 7 nitrogen and oxygen atoms in total. The molecule has 0 spiro atoms. The Labute approximate surface area is 135 Å². The molecule has 118 valence electrons. The Morgan fingerprint density at radius 3 is 3.13 bits per heavy atom. The van der Waals surface area contributed by atoms with Gasteiger partial charge < -0.3 is 13.8 Å². The van der Waals surface area contributed by atoms with Crippen LogP contribution in [0.3, 0.4) is 0 Å². The Kier molecular flexibility index (Phi) is 3.45. The highest BCUT2D eigenvalue weighted by molar-refractivity contribution is 7.11. The zero-order valence-electron chi connectivity index (χ0n) is 12.4. The number of likely N-dealkylation sites (tertiary alicyclic amines) is 1. The van der Waals surface area contributed by atoms with Crippen molar-refractivity contribution < 1.29 is 13.7 Å². The van der Waals surface area contributed by atoms with Crippen molar-refractivity contribution in [1.29, 1.82) is 0 Å².